The number of guanidine groups is 1. The molecule has 158 valence electrons. The van der Waals surface area contributed by atoms with Crippen LogP contribution in [0.25, 0.3) is 0 Å². The standard InChI is InChI=1S/C23H28N4O3/c1-29-20-6-4-18(5-7-20)8-14-25-23(26-15-11-21-3-2-16-30-21)27-17-22(28)19-9-12-24-13-10-19/h2-7,9-10,12-13,16,22,28H,8,11,14-15,17H2,1H3,(H2,25,26,27). The van der Waals surface area contributed by atoms with Crippen molar-refractivity contribution in [2.75, 3.05) is 26.7 Å². The van der Waals surface area contributed by atoms with Crippen molar-refractivity contribution in [2.45, 2.75) is 18.9 Å². The number of nitrogens with zero attached hydrogens (tertiary/aromatic N) is 2. The first-order valence-corrected chi connectivity index (χ1v) is 10.00. The van der Waals surface area contributed by atoms with E-state index < -0.39 is 6.10 Å². The molecule has 0 saturated heterocycles. The molecule has 3 aromatic rings. The number of aromatic nitrogens is 1. The maximum Gasteiger partial charge on any atom is 0.191 e. The Bertz CT molecular complexity index is 881. The van der Waals surface area contributed by atoms with Gasteiger partial charge in [0.05, 0.1) is 26.0 Å². The zero-order valence-electron chi connectivity index (χ0n) is 17.1. The minimum atomic E-state index is -0.682. The SMILES string of the molecule is COc1ccc(CCNC(=NCC(O)c2ccncc2)NCCc2ccco2)cc1. The molecule has 0 aliphatic carbocycles. The summed E-state index contributed by atoms with van der Waals surface area (Å²) in [4.78, 5) is 8.53. The van der Waals surface area contributed by atoms with E-state index in [1.54, 1.807) is 37.9 Å². The molecule has 2 aromatic heterocycles. The van der Waals surface area contributed by atoms with E-state index in [1.807, 2.05) is 24.3 Å². The lowest BCUT2D eigenvalue weighted by Crippen LogP contribution is -2.39. The van der Waals surface area contributed by atoms with Crippen molar-refractivity contribution in [1.29, 1.82) is 0 Å². The number of aliphatic hydroxyl groups is 1. The van der Waals surface area contributed by atoms with Crippen LogP contribution in [0.3, 0.4) is 0 Å². The highest BCUT2D eigenvalue weighted by atomic mass is 16.5. The molecular weight excluding hydrogens is 380 g/mol. The molecule has 30 heavy (non-hydrogen) atoms. The average molecular weight is 409 g/mol. The van der Waals surface area contributed by atoms with E-state index in [9.17, 15) is 5.11 Å². The van der Waals surface area contributed by atoms with Gasteiger partial charge in [0, 0.05) is 31.9 Å². The Kier molecular flexibility index (Phi) is 8.29. The lowest BCUT2D eigenvalue weighted by atomic mass is 10.1. The van der Waals surface area contributed by atoms with Gasteiger partial charge >= 0.3 is 0 Å². The fraction of sp³-hybridized carbons (Fsp3) is 0.304. The van der Waals surface area contributed by atoms with Crippen molar-refractivity contribution in [1.82, 2.24) is 15.6 Å². The molecule has 0 amide bonds. The molecule has 0 fully saturated rings. The van der Waals surface area contributed by atoms with Gasteiger partial charge in [-0.1, -0.05) is 12.1 Å². The third kappa shape index (κ3) is 6.93. The van der Waals surface area contributed by atoms with Crippen LogP contribution in [0.2, 0.25) is 0 Å². The molecule has 0 spiro atoms. The van der Waals surface area contributed by atoms with Crippen molar-refractivity contribution in [3.8, 4) is 5.75 Å². The summed E-state index contributed by atoms with van der Waals surface area (Å²) in [6.45, 7) is 1.64. The molecule has 0 radical (unpaired) electrons. The van der Waals surface area contributed by atoms with E-state index in [0.717, 1.165) is 29.9 Å². The monoisotopic (exact) mass is 408 g/mol. The third-order valence-corrected chi connectivity index (χ3v) is 4.62. The summed E-state index contributed by atoms with van der Waals surface area (Å²) in [6, 6.07) is 15.4. The van der Waals surface area contributed by atoms with Crippen molar-refractivity contribution >= 4 is 5.96 Å². The van der Waals surface area contributed by atoms with Crippen LogP contribution < -0.4 is 15.4 Å². The van der Waals surface area contributed by atoms with Gasteiger partial charge in [0.1, 0.15) is 11.5 Å². The number of benzene rings is 1. The molecule has 1 atom stereocenters. The number of methoxy groups -OCH3 is 1. The minimum absolute atomic E-state index is 0.253. The molecule has 0 saturated carbocycles. The van der Waals surface area contributed by atoms with Crippen LogP contribution in [-0.4, -0.2) is 42.8 Å². The number of rotatable bonds is 10. The van der Waals surface area contributed by atoms with Crippen LogP contribution in [0.5, 0.6) is 5.75 Å². The predicted molar refractivity (Wildman–Crippen MR) is 117 cm³/mol. The second-order valence-electron chi connectivity index (χ2n) is 6.77. The number of nitrogens with one attached hydrogen (secondary N) is 2. The summed E-state index contributed by atoms with van der Waals surface area (Å²) in [5.41, 5.74) is 2.00. The number of hydrogen-bond acceptors (Lipinski definition) is 5. The Morgan fingerprint density at radius 2 is 1.80 bits per heavy atom. The van der Waals surface area contributed by atoms with Gasteiger partial charge in [-0.25, -0.2) is 0 Å². The van der Waals surface area contributed by atoms with Crippen molar-refractivity contribution in [2.24, 2.45) is 4.99 Å². The van der Waals surface area contributed by atoms with Crippen LogP contribution in [0.15, 0.2) is 76.6 Å². The molecule has 7 nitrogen and oxygen atoms in total. The van der Waals surface area contributed by atoms with Crippen LogP contribution in [0, 0.1) is 0 Å². The summed E-state index contributed by atoms with van der Waals surface area (Å²) < 4.78 is 10.6. The summed E-state index contributed by atoms with van der Waals surface area (Å²) >= 11 is 0. The molecular formula is C23H28N4O3. The molecule has 0 aliphatic heterocycles. The molecule has 7 heteroatoms. The summed E-state index contributed by atoms with van der Waals surface area (Å²) in [6.07, 6.45) is 5.91. The van der Waals surface area contributed by atoms with Gasteiger partial charge in [0.2, 0.25) is 0 Å². The van der Waals surface area contributed by atoms with E-state index in [-0.39, 0.29) is 6.54 Å². The highest BCUT2D eigenvalue weighted by Crippen LogP contribution is 2.12. The first-order valence-electron chi connectivity index (χ1n) is 10.00. The van der Waals surface area contributed by atoms with Gasteiger partial charge < -0.3 is 24.9 Å². The number of aliphatic imine (C=N–C) groups is 1. The van der Waals surface area contributed by atoms with Crippen LogP contribution >= 0.6 is 0 Å². The van der Waals surface area contributed by atoms with Crippen molar-refractivity contribution in [3.63, 3.8) is 0 Å². The van der Waals surface area contributed by atoms with Gasteiger partial charge in [0.25, 0.3) is 0 Å². The third-order valence-electron chi connectivity index (χ3n) is 4.62. The van der Waals surface area contributed by atoms with Gasteiger partial charge in [-0.3, -0.25) is 9.98 Å². The Balaban J connectivity index is 1.54. The lowest BCUT2D eigenvalue weighted by molar-refractivity contribution is 0.187. The summed E-state index contributed by atoms with van der Waals surface area (Å²) in [5, 5.41) is 17.0. The van der Waals surface area contributed by atoms with Gasteiger partial charge in [-0.05, 0) is 53.9 Å². The largest absolute Gasteiger partial charge is 0.497 e. The van der Waals surface area contributed by atoms with Crippen LogP contribution in [0.1, 0.15) is 23.0 Å². The molecule has 1 unspecified atom stereocenters. The predicted octanol–water partition coefficient (Wildman–Crippen LogP) is 2.74. The fourth-order valence-electron chi connectivity index (χ4n) is 2.92. The topological polar surface area (TPSA) is 91.9 Å². The van der Waals surface area contributed by atoms with Gasteiger partial charge in [-0.15, -0.1) is 0 Å². The van der Waals surface area contributed by atoms with E-state index in [0.29, 0.717) is 19.0 Å². The molecule has 0 aliphatic rings. The quantitative estimate of drug-likeness (QED) is 0.353. The second kappa shape index (κ2) is 11.6. The molecule has 3 N–H and O–H groups in total. The normalized spacial score (nSPS) is 12.4. The Morgan fingerprint density at radius 1 is 1.07 bits per heavy atom. The Hall–Kier alpha value is -3.32. The van der Waals surface area contributed by atoms with Crippen molar-refractivity contribution < 1.29 is 14.3 Å². The van der Waals surface area contributed by atoms with E-state index in [1.165, 1.54) is 5.56 Å². The Morgan fingerprint density at radius 3 is 2.47 bits per heavy atom. The summed E-state index contributed by atoms with van der Waals surface area (Å²) in [5.74, 6) is 2.42. The maximum atomic E-state index is 10.4. The summed E-state index contributed by atoms with van der Waals surface area (Å²) in [7, 11) is 1.66. The highest BCUT2D eigenvalue weighted by molar-refractivity contribution is 5.79. The van der Waals surface area contributed by atoms with Gasteiger partial charge in [0.15, 0.2) is 5.96 Å². The second-order valence-corrected chi connectivity index (χ2v) is 6.77. The van der Waals surface area contributed by atoms with E-state index in [4.69, 9.17) is 9.15 Å². The van der Waals surface area contributed by atoms with Crippen LogP contribution in [0.4, 0.5) is 0 Å². The Labute approximate surface area is 176 Å². The molecule has 3 rings (SSSR count). The van der Waals surface area contributed by atoms with Gasteiger partial charge in [-0.2, -0.15) is 0 Å². The van der Waals surface area contributed by atoms with Crippen LogP contribution in [-0.2, 0) is 12.8 Å². The highest BCUT2D eigenvalue weighted by Gasteiger charge is 2.07. The lowest BCUT2D eigenvalue weighted by Gasteiger charge is -2.14. The molecule has 0 bridgehead atoms. The zero-order valence-corrected chi connectivity index (χ0v) is 17.1. The van der Waals surface area contributed by atoms with Crippen molar-refractivity contribution in [3.05, 3.63) is 84.1 Å². The number of pyridine rings is 1. The molecule has 1 aromatic carbocycles. The fourth-order valence-corrected chi connectivity index (χ4v) is 2.92. The minimum Gasteiger partial charge on any atom is -0.497 e. The molecule has 2 heterocycles. The number of ether oxygens (including phenoxy) is 1. The zero-order chi connectivity index (χ0) is 21.0. The van der Waals surface area contributed by atoms with E-state index >= 15 is 0 Å². The average Bonchev–Trinajstić information content (AvgIpc) is 3.31. The first-order chi connectivity index (χ1) is 14.7. The maximum absolute atomic E-state index is 10.4. The smallest absolute Gasteiger partial charge is 0.191 e. The number of aliphatic hydroxyl groups excluding tert-OH is 1. The van der Waals surface area contributed by atoms with E-state index in [2.05, 4.69) is 32.7 Å². The number of furan rings is 1. The number of hydrogen-bond donors (Lipinski definition) is 3. The first kappa shape index (κ1) is 21.4.